The first-order valence-electron chi connectivity index (χ1n) is 9.02. The third kappa shape index (κ3) is 4.04. The number of halogens is 1. The molecule has 0 aliphatic carbocycles. The predicted octanol–water partition coefficient (Wildman–Crippen LogP) is 4.61. The molecule has 4 rings (SSSR count). The Bertz CT molecular complexity index is 942. The van der Waals surface area contributed by atoms with E-state index in [4.69, 9.17) is 11.6 Å². The molecule has 0 atom stereocenters. The fraction of sp³-hybridized carbons (Fsp3) is 0.286. The molecule has 1 fully saturated rings. The van der Waals surface area contributed by atoms with Crippen LogP contribution < -0.4 is 0 Å². The van der Waals surface area contributed by atoms with E-state index in [0.29, 0.717) is 42.4 Å². The molecule has 4 nitrogen and oxygen atoms in total. The van der Waals surface area contributed by atoms with Crippen molar-refractivity contribution in [1.82, 2.24) is 9.88 Å². The van der Waals surface area contributed by atoms with Gasteiger partial charge in [0.2, 0.25) is 5.91 Å². The van der Waals surface area contributed by atoms with Crippen molar-refractivity contribution in [3.05, 3.63) is 64.1 Å². The van der Waals surface area contributed by atoms with E-state index >= 15 is 0 Å². The van der Waals surface area contributed by atoms with E-state index in [1.807, 2.05) is 41.3 Å². The highest BCUT2D eigenvalue weighted by atomic mass is 35.5. The molecule has 0 unspecified atom stereocenters. The Morgan fingerprint density at radius 1 is 1.07 bits per heavy atom. The highest BCUT2D eigenvalue weighted by Crippen LogP contribution is 2.27. The van der Waals surface area contributed by atoms with Crippen molar-refractivity contribution in [2.45, 2.75) is 19.3 Å². The zero-order valence-corrected chi connectivity index (χ0v) is 16.3. The van der Waals surface area contributed by atoms with Crippen LogP contribution in [-0.2, 0) is 11.2 Å². The normalized spacial score (nSPS) is 15.2. The van der Waals surface area contributed by atoms with Crippen molar-refractivity contribution < 1.29 is 9.59 Å². The van der Waals surface area contributed by atoms with Gasteiger partial charge < -0.3 is 4.90 Å². The maximum absolute atomic E-state index is 12.8. The lowest BCUT2D eigenvalue weighted by atomic mass is 9.92. The van der Waals surface area contributed by atoms with E-state index in [1.54, 1.807) is 12.1 Å². The number of carbonyl (C=O) groups is 2. The maximum Gasteiger partial charge on any atom is 0.226 e. The minimum Gasteiger partial charge on any atom is -0.342 e. The second kappa shape index (κ2) is 7.79. The third-order valence-electron chi connectivity index (χ3n) is 4.99. The van der Waals surface area contributed by atoms with Crippen LogP contribution in [0.2, 0.25) is 5.02 Å². The van der Waals surface area contributed by atoms with E-state index in [0.717, 1.165) is 15.8 Å². The number of rotatable bonds is 4. The van der Waals surface area contributed by atoms with Crippen LogP contribution >= 0.6 is 22.9 Å². The fourth-order valence-electron chi connectivity index (χ4n) is 3.43. The maximum atomic E-state index is 12.8. The number of carbonyl (C=O) groups excluding carboxylic acids is 2. The number of hydrogen-bond acceptors (Lipinski definition) is 4. The number of likely N-dealkylation sites (tertiary alicyclic amines) is 1. The number of benzene rings is 2. The second-order valence-corrected chi connectivity index (χ2v) is 8.28. The second-order valence-electron chi connectivity index (χ2n) is 6.81. The highest BCUT2D eigenvalue weighted by Gasteiger charge is 2.29. The van der Waals surface area contributed by atoms with Gasteiger partial charge in [0.1, 0.15) is 0 Å². The number of fused-ring (bicyclic) bond motifs is 1. The number of amides is 1. The number of Topliss-reactive ketones (excluding diaryl/α,β-unsaturated/α-hetero) is 1. The summed E-state index contributed by atoms with van der Waals surface area (Å²) in [6.07, 6.45) is 1.76. The van der Waals surface area contributed by atoms with Gasteiger partial charge in [0.15, 0.2) is 10.8 Å². The lowest BCUT2D eigenvalue weighted by Crippen LogP contribution is -2.41. The molecule has 0 spiro atoms. The molecule has 1 aliphatic rings. The molecule has 6 heteroatoms. The average molecular weight is 399 g/mol. The van der Waals surface area contributed by atoms with Gasteiger partial charge in [-0.25, -0.2) is 4.98 Å². The lowest BCUT2D eigenvalue weighted by Gasteiger charge is -2.31. The van der Waals surface area contributed by atoms with Crippen LogP contribution in [0.4, 0.5) is 0 Å². The molecule has 0 saturated carbocycles. The van der Waals surface area contributed by atoms with E-state index < -0.39 is 0 Å². The molecule has 0 radical (unpaired) electrons. The summed E-state index contributed by atoms with van der Waals surface area (Å²) in [6.45, 7) is 1.24. The van der Waals surface area contributed by atoms with Gasteiger partial charge in [-0.3, -0.25) is 9.59 Å². The molecule has 2 aromatic carbocycles. The van der Waals surface area contributed by atoms with Crippen molar-refractivity contribution in [3.63, 3.8) is 0 Å². The topological polar surface area (TPSA) is 50.3 Å². The van der Waals surface area contributed by atoms with Gasteiger partial charge in [-0.15, -0.1) is 11.3 Å². The summed E-state index contributed by atoms with van der Waals surface area (Å²) in [5.41, 5.74) is 1.83. The van der Waals surface area contributed by atoms with Crippen molar-refractivity contribution in [3.8, 4) is 0 Å². The molecular weight excluding hydrogens is 380 g/mol. The van der Waals surface area contributed by atoms with Crippen LogP contribution in [0.25, 0.3) is 10.2 Å². The van der Waals surface area contributed by atoms with Crippen LogP contribution in [-0.4, -0.2) is 34.7 Å². The largest absolute Gasteiger partial charge is 0.342 e. The van der Waals surface area contributed by atoms with Crippen LogP contribution in [0.15, 0.2) is 48.5 Å². The van der Waals surface area contributed by atoms with Crippen LogP contribution in [0.1, 0.15) is 28.2 Å². The molecule has 138 valence electrons. The zero-order chi connectivity index (χ0) is 18.8. The molecule has 1 saturated heterocycles. The first-order chi connectivity index (χ1) is 13.1. The van der Waals surface area contributed by atoms with Crippen molar-refractivity contribution in [1.29, 1.82) is 0 Å². The summed E-state index contributed by atoms with van der Waals surface area (Å²) in [5.74, 6) is 0.161. The van der Waals surface area contributed by atoms with Gasteiger partial charge in [0.05, 0.1) is 16.6 Å². The molecule has 1 aliphatic heterocycles. The number of para-hydroxylation sites is 1. The van der Waals surface area contributed by atoms with Gasteiger partial charge >= 0.3 is 0 Å². The summed E-state index contributed by atoms with van der Waals surface area (Å²) in [7, 11) is 0. The Labute approximate surface area is 166 Å². The van der Waals surface area contributed by atoms with E-state index in [2.05, 4.69) is 4.98 Å². The molecule has 0 N–H and O–H groups in total. The standard InChI is InChI=1S/C21H19ClN2O2S/c22-16-7-5-14(6-8-16)13-19(25)24-11-9-15(10-12-24)20(26)21-23-17-3-1-2-4-18(17)27-21/h1-8,15H,9-13H2. The van der Waals surface area contributed by atoms with Crippen LogP contribution in [0, 0.1) is 5.92 Å². The molecule has 27 heavy (non-hydrogen) atoms. The summed E-state index contributed by atoms with van der Waals surface area (Å²) in [4.78, 5) is 31.7. The minimum absolute atomic E-state index is 0.0508. The first-order valence-corrected chi connectivity index (χ1v) is 10.2. The minimum atomic E-state index is -0.0508. The summed E-state index contributed by atoms with van der Waals surface area (Å²) in [6, 6.07) is 15.2. The van der Waals surface area contributed by atoms with Gasteiger partial charge in [-0.2, -0.15) is 0 Å². The average Bonchev–Trinajstić information content (AvgIpc) is 3.13. The Hall–Kier alpha value is -2.24. The SMILES string of the molecule is O=C(c1nc2ccccc2s1)C1CCN(C(=O)Cc2ccc(Cl)cc2)CC1. The molecule has 3 aromatic rings. The van der Waals surface area contributed by atoms with Crippen molar-refractivity contribution in [2.75, 3.05) is 13.1 Å². The Morgan fingerprint density at radius 3 is 2.48 bits per heavy atom. The monoisotopic (exact) mass is 398 g/mol. The number of thiazole rings is 1. The third-order valence-corrected chi connectivity index (χ3v) is 6.29. The van der Waals surface area contributed by atoms with E-state index in [-0.39, 0.29) is 17.6 Å². The number of piperidine rings is 1. The number of aromatic nitrogens is 1. The Morgan fingerprint density at radius 2 is 1.78 bits per heavy atom. The summed E-state index contributed by atoms with van der Waals surface area (Å²) in [5, 5.41) is 1.25. The van der Waals surface area contributed by atoms with Gasteiger partial charge in [0.25, 0.3) is 0 Å². The van der Waals surface area contributed by atoms with Crippen molar-refractivity contribution >= 4 is 44.8 Å². The fourth-order valence-corrected chi connectivity index (χ4v) is 4.54. The molecular formula is C21H19ClN2O2S. The first kappa shape index (κ1) is 18.1. The van der Waals surface area contributed by atoms with E-state index in [1.165, 1.54) is 11.3 Å². The summed E-state index contributed by atoms with van der Waals surface area (Å²) < 4.78 is 1.04. The summed E-state index contributed by atoms with van der Waals surface area (Å²) >= 11 is 7.34. The predicted molar refractivity (Wildman–Crippen MR) is 108 cm³/mol. The molecule has 1 aromatic heterocycles. The quantitative estimate of drug-likeness (QED) is 0.603. The number of nitrogens with zero attached hydrogens (tertiary/aromatic N) is 2. The highest BCUT2D eigenvalue weighted by molar-refractivity contribution is 7.20. The molecule has 2 heterocycles. The molecule has 0 bridgehead atoms. The van der Waals surface area contributed by atoms with Gasteiger partial charge in [-0.05, 0) is 42.7 Å². The van der Waals surface area contributed by atoms with Crippen LogP contribution in [0.5, 0.6) is 0 Å². The van der Waals surface area contributed by atoms with Crippen molar-refractivity contribution in [2.24, 2.45) is 5.92 Å². The number of ketones is 1. The zero-order valence-electron chi connectivity index (χ0n) is 14.7. The molecule has 1 amide bonds. The number of hydrogen-bond donors (Lipinski definition) is 0. The van der Waals surface area contributed by atoms with Gasteiger partial charge in [0, 0.05) is 24.0 Å². The van der Waals surface area contributed by atoms with E-state index in [9.17, 15) is 9.59 Å². The Balaban J connectivity index is 1.35. The smallest absolute Gasteiger partial charge is 0.226 e. The van der Waals surface area contributed by atoms with Gasteiger partial charge in [-0.1, -0.05) is 35.9 Å². The van der Waals surface area contributed by atoms with Crippen LogP contribution in [0.3, 0.4) is 0 Å². The Kier molecular flexibility index (Phi) is 5.23. The lowest BCUT2D eigenvalue weighted by molar-refractivity contribution is -0.131.